The molecule has 0 saturated carbocycles. The molecule has 0 fully saturated rings. The molecular formula is C16H20BrClN2. The van der Waals surface area contributed by atoms with Gasteiger partial charge in [-0.1, -0.05) is 45.7 Å². The van der Waals surface area contributed by atoms with Crippen LogP contribution in [0.4, 0.5) is 0 Å². The molecule has 1 atom stereocenters. The van der Waals surface area contributed by atoms with Crippen molar-refractivity contribution in [1.82, 2.24) is 9.78 Å². The summed E-state index contributed by atoms with van der Waals surface area (Å²) in [5, 5.41) is 6.43. The second kappa shape index (κ2) is 7.28. The van der Waals surface area contributed by atoms with E-state index in [1.54, 1.807) is 0 Å². The van der Waals surface area contributed by atoms with Gasteiger partial charge in [0, 0.05) is 22.6 Å². The molecule has 20 heavy (non-hydrogen) atoms. The van der Waals surface area contributed by atoms with Gasteiger partial charge in [0.05, 0.1) is 5.69 Å². The van der Waals surface area contributed by atoms with Gasteiger partial charge in [0.2, 0.25) is 0 Å². The molecule has 0 amide bonds. The molecule has 2 aromatic rings. The maximum absolute atomic E-state index is 6.24. The van der Waals surface area contributed by atoms with Gasteiger partial charge in [0.25, 0.3) is 0 Å². The Balaban J connectivity index is 2.03. The van der Waals surface area contributed by atoms with Crippen LogP contribution in [0.1, 0.15) is 31.1 Å². The van der Waals surface area contributed by atoms with Gasteiger partial charge in [0.1, 0.15) is 0 Å². The number of nitrogens with zero attached hydrogens (tertiary/aromatic N) is 2. The molecule has 0 radical (unpaired) electrons. The molecule has 2 nitrogen and oxygen atoms in total. The zero-order chi connectivity index (χ0) is 14.5. The van der Waals surface area contributed by atoms with Crippen LogP contribution in [0.5, 0.6) is 0 Å². The Hall–Kier alpha value is -0.800. The molecule has 0 aliphatic rings. The number of aromatic nitrogens is 2. The SMILES string of the molecule is CC(C)n1ccc(CC(CBr)Cc2ccccc2Cl)n1. The lowest BCUT2D eigenvalue weighted by Crippen LogP contribution is -2.11. The molecular weight excluding hydrogens is 336 g/mol. The van der Waals surface area contributed by atoms with Crippen LogP contribution >= 0.6 is 27.5 Å². The quantitative estimate of drug-likeness (QED) is 0.673. The van der Waals surface area contributed by atoms with Crippen LogP contribution in [0.3, 0.4) is 0 Å². The van der Waals surface area contributed by atoms with Crippen LogP contribution in [0.15, 0.2) is 36.5 Å². The van der Waals surface area contributed by atoms with E-state index in [0.29, 0.717) is 12.0 Å². The first-order chi connectivity index (χ1) is 9.60. The van der Waals surface area contributed by atoms with Crippen molar-refractivity contribution in [2.45, 2.75) is 32.7 Å². The highest BCUT2D eigenvalue weighted by atomic mass is 79.9. The van der Waals surface area contributed by atoms with Crippen LogP contribution in [0.2, 0.25) is 5.02 Å². The summed E-state index contributed by atoms with van der Waals surface area (Å²) >= 11 is 9.85. The van der Waals surface area contributed by atoms with E-state index in [1.807, 2.05) is 22.9 Å². The molecule has 2 rings (SSSR count). The van der Waals surface area contributed by atoms with E-state index < -0.39 is 0 Å². The maximum atomic E-state index is 6.24. The van der Waals surface area contributed by atoms with Crippen molar-refractivity contribution >= 4 is 27.5 Å². The fourth-order valence-electron chi connectivity index (χ4n) is 2.23. The number of benzene rings is 1. The average Bonchev–Trinajstić information content (AvgIpc) is 2.89. The Morgan fingerprint density at radius 3 is 2.55 bits per heavy atom. The Kier molecular flexibility index (Phi) is 5.67. The third-order valence-corrected chi connectivity index (χ3v) is 4.66. The number of alkyl halides is 1. The first-order valence-electron chi connectivity index (χ1n) is 6.93. The molecule has 4 heteroatoms. The second-order valence-electron chi connectivity index (χ2n) is 5.40. The lowest BCUT2D eigenvalue weighted by Gasteiger charge is -2.14. The topological polar surface area (TPSA) is 17.8 Å². The number of rotatable bonds is 6. The van der Waals surface area contributed by atoms with Crippen LogP contribution in [-0.2, 0) is 12.8 Å². The summed E-state index contributed by atoms with van der Waals surface area (Å²) in [6, 6.07) is 10.6. The van der Waals surface area contributed by atoms with Crippen LogP contribution in [-0.4, -0.2) is 15.1 Å². The predicted octanol–water partition coefficient (Wildman–Crippen LogP) is 4.91. The molecule has 1 heterocycles. The molecule has 1 aromatic carbocycles. The Bertz CT molecular complexity index is 551. The smallest absolute Gasteiger partial charge is 0.0627 e. The summed E-state index contributed by atoms with van der Waals surface area (Å²) in [4.78, 5) is 0. The van der Waals surface area contributed by atoms with Crippen molar-refractivity contribution in [3.8, 4) is 0 Å². The van der Waals surface area contributed by atoms with Crippen molar-refractivity contribution in [1.29, 1.82) is 0 Å². The molecule has 0 saturated heterocycles. The Labute approximate surface area is 134 Å². The van der Waals surface area contributed by atoms with E-state index in [-0.39, 0.29) is 0 Å². The monoisotopic (exact) mass is 354 g/mol. The largest absolute Gasteiger partial charge is 0.270 e. The van der Waals surface area contributed by atoms with Crippen molar-refractivity contribution in [2.24, 2.45) is 5.92 Å². The Morgan fingerprint density at radius 1 is 1.20 bits per heavy atom. The second-order valence-corrected chi connectivity index (χ2v) is 6.46. The molecule has 1 aromatic heterocycles. The molecule has 108 valence electrons. The van der Waals surface area contributed by atoms with Gasteiger partial charge in [0.15, 0.2) is 0 Å². The average molecular weight is 356 g/mol. The summed E-state index contributed by atoms with van der Waals surface area (Å²) in [6.45, 7) is 4.28. The normalized spacial score (nSPS) is 12.8. The van der Waals surface area contributed by atoms with Gasteiger partial charge in [-0.05, 0) is 50.3 Å². The minimum Gasteiger partial charge on any atom is -0.270 e. The van der Waals surface area contributed by atoms with E-state index in [9.17, 15) is 0 Å². The third-order valence-electron chi connectivity index (χ3n) is 3.38. The number of hydrogen-bond acceptors (Lipinski definition) is 1. The van der Waals surface area contributed by atoms with E-state index in [2.05, 4.69) is 53.2 Å². The summed E-state index contributed by atoms with van der Waals surface area (Å²) < 4.78 is 2.01. The van der Waals surface area contributed by atoms with Crippen molar-refractivity contribution in [3.05, 3.63) is 52.8 Å². The van der Waals surface area contributed by atoms with Crippen LogP contribution in [0.25, 0.3) is 0 Å². The first-order valence-corrected chi connectivity index (χ1v) is 8.43. The number of hydrogen-bond donors (Lipinski definition) is 0. The van der Waals surface area contributed by atoms with Crippen LogP contribution < -0.4 is 0 Å². The Morgan fingerprint density at radius 2 is 1.95 bits per heavy atom. The summed E-state index contributed by atoms with van der Waals surface area (Å²) in [7, 11) is 0. The molecule has 1 unspecified atom stereocenters. The van der Waals surface area contributed by atoms with E-state index in [1.165, 1.54) is 5.56 Å². The highest BCUT2D eigenvalue weighted by Gasteiger charge is 2.13. The molecule has 0 aliphatic heterocycles. The van der Waals surface area contributed by atoms with Gasteiger partial charge < -0.3 is 0 Å². The zero-order valence-corrected chi connectivity index (χ0v) is 14.2. The maximum Gasteiger partial charge on any atom is 0.0627 e. The molecule has 0 aliphatic carbocycles. The highest BCUT2D eigenvalue weighted by Crippen LogP contribution is 2.22. The predicted molar refractivity (Wildman–Crippen MR) is 88.8 cm³/mol. The highest BCUT2D eigenvalue weighted by molar-refractivity contribution is 9.09. The zero-order valence-electron chi connectivity index (χ0n) is 11.9. The van der Waals surface area contributed by atoms with Gasteiger partial charge in [-0.15, -0.1) is 0 Å². The van der Waals surface area contributed by atoms with Crippen molar-refractivity contribution < 1.29 is 0 Å². The van der Waals surface area contributed by atoms with Gasteiger partial charge in [-0.2, -0.15) is 5.10 Å². The standard InChI is InChI=1S/C16H20BrClN2/c1-12(2)20-8-7-15(19-20)10-13(11-17)9-14-5-3-4-6-16(14)18/h3-8,12-13H,9-11H2,1-2H3. The summed E-state index contributed by atoms with van der Waals surface area (Å²) in [5.41, 5.74) is 2.36. The van der Waals surface area contributed by atoms with Gasteiger partial charge >= 0.3 is 0 Å². The molecule has 0 N–H and O–H groups in total. The van der Waals surface area contributed by atoms with Gasteiger partial charge in [-0.25, -0.2) is 0 Å². The molecule has 0 bridgehead atoms. The summed E-state index contributed by atoms with van der Waals surface area (Å²) in [6.07, 6.45) is 4.00. The lowest BCUT2D eigenvalue weighted by molar-refractivity contribution is 0.513. The van der Waals surface area contributed by atoms with E-state index in [0.717, 1.165) is 28.9 Å². The fourth-order valence-corrected chi connectivity index (χ4v) is 2.90. The van der Waals surface area contributed by atoms with Gasteiger partial charge in [-0.3, -0.25) is 4.68 Å². The third kappa shape index (κ3) is 4.10. The minimum absolute atomic E-state index is 0.412. The van der Waals surface area contributed by atoms with Crippen molar-refractivity contribution in [2.75, 3.05) is 5.33 Å². The first kappa shape index (κ1) is 15.6. The molecule has 0 spiro atoms. The van der Waals surface area contributed by atoms with Crippen molar-refractivity contribution in [3.63, 3.8) is 0 Å². The lowest BCUT2D eigenvalue weighted by atomic mass is 9.96. The minimum atomic E-state index is 0.412. The van der Waals surface area contributed by atoms with Crippen LogP contribution in [0, 0.1) is 5.92 Å². The van der Waals surface area contributed by atoms with E-state index in [4.69, 9.17) is 11.6 Å². The van der Waals surface area contributed by atoms with E-state index >= 15 is 0 Å². The fraction of sp³-hybridized carbons (Fsp3) is 0.438. The summed E-state index contributed by atoms with van der Waals surface area (Å²) in [5.74, 6) is 0.505. The number of halogens is 2.